The van der Waals surface area contributed by atoms with Gasteiger partial charge in [-0.25, -0.2) is 4.79 Å². The van der Waals surface area contributed by atoms with Crippen LogP contribution in [0.2, 0.25) is 5.02 Å². The van der Waals surface area contributed by atoms with Gasteiger partial charge in [-0.3, -0.25) is 9.59 Å². The van der Waals surface area contributed by atoms with Gasteiger partial charge in [-0.15, -0.1) is 0 Å². The number of rotatable bonds is 4. The molecule has 1 unspecified atom stereocenters. The summed E-state index contributed by atoms with van der Waals surface area (Å²) >= 11 is 6.36. The predicted octanol–water partition coefficient (Wildman–Crippen LogP) is 6.87. The number of Topliss-reactive ketones (excluding diaryl/α,β-unsaturated/α-hetero) is 1. The molecule has 1 aliphatic rings. The highest BCUT2D eigenvalue weighted by Crippen LogP contribution is 2.41. The molecule has 1 heterocycles. The summed E-state index contributed by atoms with van der Waals surface area (Å²) in [6.07, 6.45) is -0.353. The zero-order chi connectivity index (χ0) is 30.8. The van der Waals surface area contributed by atoms with Crippen LogP contribution in [0.1, 0.15) is 65.6 Å². The maximum Gasteiger partial charge on any atom is 0.339 e. The zero-order valence-corrected chi connectivity index (χ0v) is 24.6. The Bertz CT molecular complexity index is 1640. The summed E-state index contributed by atoms with van der Waals surface area (Å²) in [6.45, 7) is 8.26. The van der Waals surface area contributed by atoms with Crippen LogP contribution in [0.5, 0.6) is 5.75 Å². The number of hydrogen-bond donors (Lipinski definition) is 3. The molecule has 0 aliphatic carbocycles. The summed E-state index contributed by atoms with van der Waals surface area (Å²) in [7, 11) is 0. The van der Waals surface area contributed by atoms with Gasteiger partial charge in [0.25, 0.3) is 5.91 Å². The topological polar surface area (TPSA) is 130 Å². The molecular weight excluding hydrogens is 556 g/mol. The molecule has 1 amide bonds. The van der Waals surface area contributed by atoms with Crippen molar-refractivity contribution in [3.8, 4) is 5.75 Å². The maximum atomic E-state index is 12.9. The first-order valence-corrected chi connectivity index (χ1v) is 13.7. The van der Waals surface area contributed by atoms with Crippen LogP contribution in [0.3, 0.4) is 0 Å². The average molecular weight is 589 g/mol. The quantitative estimate of drug-likeness (QED) is 0.135. The van der Waals surface area contributed by atoms with E-state index in [1.807, 2.05) is 41.3 Å². The molecule has 0 spiro atoms. The normalized spacial score (nSPS) is 14.9. The summed E-state index contributed by atoms with van der Waals surface area (Å²) in [4.78, 5) is 36.4. The number of carbonyl (C=O) groups excluding carboxylic acids is 2. The molecule has 218 valence electrons. The minimum atomic E-state index is -1.32. The highest BCUT2D eigenvalue weighted by molar-refractivity contribution is 6.30. The van der Waals surface area contributed by atoms with Crippen molar-refractivity contribution in [2.75, 3.05) is 23.8 Å². The van der Waals surface area contributed by atoms with Crippen molar-refractivity contribution < 1.29 is 29.3 Å². The van der Waals surface area contributed by atoms with Gasteiger partial charge in [0.15, 0.2) is 5.78 Å². The Morgan fingerprint density at radius 3 is 2.33 bits per heavy atom. The van der Waals surface area contributed by atoms with Gasteiger partial charge >= 0.3 is 5.97 Å². The fourth-order valence-corrected chi connectivity index (χ4v) is 5.09. The average Bonchev–Trinajstić information content (AvgIpc) is 3.04. The highest BCUT2D eigenvalue weighted by Gasteiger charge is 2.32. The molecule has 0 radical (unpaired) electrons. The van der Waals surface area contributed by atoms with Gasteiger partial charge < -0.3 is 25.6 Å². The Hall–Kier alpha value is -4.40. The van der Waals surface area contributed by atoms with Crippen molar-refractivity contribution in [1.29, 1.82) is 0 Å². The van der Waals surface area contributed by atoms with Crippen molar-refractivity contribution in [3.63, 3.8) is 0 Å². The third-order valence-corrected chi connectivity index (χ3v) is 6.95. The smallest absolute Gasteiger partial charge is 0.339 e. The molecule has 42 heavy (non-hydrogen) atoms. The third-order valence-electron chi connectivity index (χ3n) is 6.72. The van der Waals surface area contributed by atoms with Crippen molar-refractivity contribution in [3.05, 3.63) is 100 Å². The van der Waals surface area contributed by atoms with E-state index in [0.29, 0.717) is 11.6 Å². The lowest BCUT2D eigenvalue weighted by molar-refractivity contribution is -0.124. The number of nitrogens with zero attached hydrogens (tertiary/aromatic N) is 1. The fraction of sp³-hybridized carbons (Fsp3) is 0.242. The number of halogens is 1. The summed E-state index contributed by atoms with van der Waals surface area (Å²) in [5.41, 5.74) is 7.88. The summed E-state index contributed by atoms with van der Waals surface area (Å²) in [6, 6.07) is 22.5. The molecule has 4 aromatic rings. The largest absolute Gasteiger partial charge is 0.506 e. The van der Waals surface area contributed by atoms with Gasteiger partial charge in [0.1, 0.15) is 24.0 Å². The lowest BCUT2D eigenvalue weighted by Crippen LogP contribution is -2.39. The van der Waals surface area contributed by atoms with Crippen LogP contribution in [0.15, 0.2) is 72.8 Å². The van der Waals surface area contributed by atoms with Gasteiger partial charge in [-0.05, 0) is 59.0 Å². The van der Waals surface area contributed by atoms with E-state index in [1.54, 1.807) is 0 Å². The molecule has 0 aromatic heterocycles. The number of carboxylic acids is 1. The van der Waals surface area contributed by atoms with Crippen LogP contribution < -0.4 is 10.6 Å². The van der Waals surface area contributed by atoms with E-state index in [-0.39, 0.29) is 40.8 Å². The van der Waals surface area contributed by atoms with E-state index in [2.05, 4.69) is 45.0 Å². The molecule has 1 aliphatic heterocycles. The standard InChI is InChI=1S/C24H24ClNO2.C9H9NO4/c1-24(2,3)15-26-21-12-11-17(25)13-20(21)23(28-14-22(26)27)19-10-6-8-16-7-4-5-9-18(16)19;1-4(11)6-2-5(10)3-7(8(6)12)9(13)14/h4-13,23H,14-15H2,1-3H3;2-3,12H,10H2,1H3,(H,13,14). The number of nitrogens with two attached hydrogens (primary N) is 1. The lowest BCUT2D eigenvalue weighted by Gasteiger charge is -2.30. The van der Waals surface area contributed by atoms with E-state index in [1.165, 1.54) is 13.0 Å². The highest BCUT2D eigenvalue weighted by atomic mass is 35.5. The summed E-state index contributed by atoms with van der Waals surface area (Å²) < 4.78 is 6.19. The third kappa shape index (κ3) is 6.73. The van der Waals surface area contributed by atoms with E-state index in [4.69, 9.17) is 27.2 Å². The van der Waals surface area contributed by atoms with Crippen LogP contribution in [-0.4, -0.2) is 41.0 Å². The minimum absolute atomic E-state index is 0.0266. The van der Waals surface area contributed by atoms with E-state index in [9.17, 15) is 19.5 Å². The molecule has 1 atom stereocenters. The predicted molar refractivity (Wildman–Crippen MR) is 164 cm³/mol. The molecule has 9 heteroatoms. The monoisotopic (exact) mass is 588 g/mol. The number of nitrogen functional groups attached to an aromatic ring is 1. The summed E-state index contributed by atoms with van der Waals surface area (Å²) in [5.74, 6) is -2.32. The van der Waals surface area contributed by atoms with Gasteiger partial charge in [-0.2, -0.15) is 0 Å². The van der Waals surface area contributed by atoms with Crippen molar-refractivity contribution in [2.24, 2.45) is 5.41 Å². The number of ketones is 1. The Balaban J connectivity index is 0.000000244. The minimum Gasteiger partial charge on any atom is -0.506 e. The molecule has 0 fully saturated rings. The molecule has 8 nitrogen and oxygen atoms in total. The Labute approximate surface area is 249 Å². The van der Waals surface area contributed by atoms with E-state index >= 15 is 0 Å². The number of carboxylic acid groups (broad SMARTS) is 1. The second-order valence-electron chi connectivity index (χ2n) is 11.3. The number of fused-ring (bicyclic) bond motifs is 2. The molecule has 4 N–H and O–H groups in total. The first kappa shape index (κ1) is 30.6. The number of aromatic hydroxyl groups is 1. The molecule has 5 rings (SSSR count). The maximum absolute atomic E-state index is 12.9. The van der Waals surface area contributed by atoms with Gasteiger partial charge in [0, 0.05) is 28.5 Å². The Kier molecular flexibility index (Phi) is 8.89. The van der Waals surface area contributed by atoms with Crippen LogP contribution in [0.25, 0.3) is 10.8 Å². The second kappa shape index (κ2) is 12.2. The van der Waals surface area contributed by atoms with Gasteiger partial charge in [0.05, 0.1) is 5.56 Å². The number of carbonyl (C=O) groups is 3. The number of ether oxygens (including phenoxy) is 1. The van der Waals surface area contributed by atoms with Crippen molar-refractivity contribution in [2.45, 2.75) is 33.8 Å². The molecule has 4 aromatic carbocycles. The first-order chi connectivity index (χ1) is 19.8. The SMILES string of the molecule is CC(=O)c1cc(N)cc(C(=O)O)c1O.CC(C)(C)CN1C(=O)COC(c2cccc3ccccc23)c2cc(Cl)ccc21. The van der Waals surface area contributed by atoms with E-state index < -0.39 is 17.5 Å². The molecule has 0 saturated carbocycles. The number of anilines is 2. The zero-order valence-electron chi connectivity index (χ0n) is 23.8. The number of benzene rings is 4. The lowest BCUT2D eigenvalue weighted by atomic mass is 9.93. The van der Waals surface area contributed by atoms with Gasteiger partial charge in [0.2, 0.25) is 0 Å². The number of aromatic carboxylic acids is 1. The first-order valence-electron chi connectivity index (χ1n) is 13.3. The van der Waals surface area contributed by atoms with Crippen LogP contribution in [0, 0.1) is 5.41 Å². The molecular formula is C33H33ClN2O6. The van der Waals surface area contributed by atoms with Gasteiger partial charge in [-0.1, -0.05) is 74.8 Å². The number of phenols is 1. The Morgan fingerprint density at radius 2 is 1.67 bits per heavy atom. The van der Waals surface area contributed by atoms with Crippen molar-refractivity contribution in [1.82, 2.24) is 0 Å². The van der Waals surface area contributed by atoms with Crippen LogP contribution >= 0.6 is 11.6 Å². The number of amides is 1. The van der Waals surface area contributed by atoms with E-state index in [0.717, 1.165) is 33.7 Å². The van der Waals surface area contributed by atoms with Crippen LogP contribution in [0.4, 0.5) is 11.4 Å². The fourth-order valence-electron chi connectivity index (χ4n) is 4.91. The number of hydrogen-bond acceptors (Lipinski definition) is 6. The second-order valence-corrected chi connectivity index (χ2v) is 11.8. The summed E-state index contributed by atoms with van der Waals surface area (Å²) in [5, 5.41) is 21.0. The Morgan fingerprint density at radius 1 is 1.00 bits per heavy atom. The molecule has 0 bridgehead atoms. The molecule has 0 saturated heterocycles. The van der Waals surface area contributed by atoms with Crippen LogP contribution in [-0.2, 0) is 9.53 Å². The van der Waals surface area contributed by atoms with Crippen molar-refractivity contribution >= 4 is 51.4 Å².